The molecule has 19 heavy (non-hydrogen) atoms. The van der Waals surface area contributed by atoms with Gasteiger partial charge in [-0.05, 0) is 18.9 Å². The summed E-state index contributed by atoms with van der Waals surface area (Å²) in [6.07, 6.45) is 2.17. The Balaban J connectivity index is 1.89. The van der Waals surface area contributed by atoms with Crippen molar-refractivity contribution in [2.75, 3.05) is 13.2 Å². The van der Waals surface area contributed by atoms with E-state index >= 15 is 0 Å². The van der Waals surface area contributed by atoms with Crippen molar-refractivity contribution < 1.29 is 19.1 Å². The topological polar surface area (TPSA) is 77.1 Å². The predicted molar refractivity (Wildman–Crippen MR) is 67.5 cm³/mol. The predicted octanol–water partition coefficient (Wildman–Crippen LogP) is 1.62. The number of rotatable bonds is 5. The van der Waals surface area contributed by atoms with Gasteiger partial charge >= 0.3 is 0 Å². The Hall–Kier alpha value is -1.66. The lowest BCUT2D eigenvalue weighted by Gasteiger charge is -2.11. The van der Waals surface area contributed by atoms with Crippen LogP contribution in [0.5, 0.6) is 0 Å². The molecule has 0 bridgehead atoms. The molecule has 1 aliphatic rings. The van der Waals surface area contributed by atoms with Crippen LogP contribution in [0.4, 0.5) is 4.39 Å². The molecule has 1 heterocycles. The highest BCUT2D eigenvalue weighted by Gasteiger charge is 2.15. The summed E-state index contributed by atoms with van der Waals surface area (Å²) < 4.78 is 24.6. The van der Waals surface area contributed by atoms with Gasteiger partial charge in [0.05, 0.1) is 19.3 Å². The van der Waals surface area contributed by atoms with E-state index in [0.717, 1.165) is 19.4 Å². The van der Waals surface area contributed by atoms with Gasteiger partial charge in [0.1, 0.15) is 5.82 Å². The van der Waals surface area contributed by atoms with Crippen LogP contribution in [-0.4, -0.2) is 30.4 Å². The van der Waals surface area contributed by atoms with Crippen LogP contribution in [0.3, 0.4) is 0 Å². The first kappa shape index (κ1) is 13.8. The summed E-state index contributed by atoms with van der Waals surface area (Å²) >= 11 is 0. The largest absolute Gasteiger partial charge is 0.409 e. The van der Waals surface area contributed by atoms with Crippen molar-refractivity contribution >= 4 is 5.84 Å². The van der Waals surface area contributed by atoms with E-state index in [1.165, 1.54) is 6.07 Å². The summed E-state index contributed by atoms with van der Waals surface area (Å²) in [5, 5.41) is 11.3. The van der Waals surface area contributed by atoms with Crippen molar-refractivity contribution in [2.24, 2.45) is 10.9 Å². The van der Waals surface area contributed by atoms with Gasteiger partial charge in [0.2, 0.25) is 0 Å². The van der Waals surface area contributed by atoms with E-state index in [-0.39, 0.29) is 18.5 Å². The minimum Gasteiger partial charge on any atom is -0.409 e. The Morgan fingerprint density at radius 3 is 3.05 bits per heavy atom. The molecular formula is C13H17FN2O3. The summed E-state index contributed by atoms with van der Waals surface area (Å²) in [6, 6.07) is 4.38. The third kappa shape index (κ3) is 3.65. The van der Waals surface area contributed by atoms with Crippen molar-refractivity contribution in [3.05, 3.63) is 35.1 Å². The molecule has 1 unspecified atom stereocenters. The van der Waals surface area contributed by atoms with Gasteiger partial charge in [0.15, 0.2) is 5.84 Å². The Morgan fingerprint density at radius 2 is 2.42 bits per heavy atom. The zero-order chi connectivity index (χ0) is 13.7. The maximum absolute atomic E-state index is 13.7. The van der Waals surface area contributed by atoms with Crippen LogP contribution >= 0.6 is 0 Å². The van der Waals surface area contributed by atoms with Crippen LogP contribution in [-0.2, 0) is 16.1 Å². The van der Waals surface area contributed by atoms with Gasteiger partial charge in [-0.25, -0.2) is 4.39 Å². The third-order valence-electron chi connectivity index (χ3n) is 3.04. The van der Waals surface area contributed by atoms with Crippen molar-refractivity contribution in [3.63, 3.8) is 0 Å². The average molecular weight is 268 g/mol. The van der Waals surface area contributed by atoms with Crippen LogP contribution < -0.4 is 5.73 Å². The normalized spacial score (nSPS) is 19.8. The Bertz CT molecular complexity index is 459. The SMILES string of the molecule is N/C(=N\O)c1ccc(COCC2CCCO2)c(F)c1. The fourth-order valence-electron chi connectivity index (χ4n) is 1.96. The van der Waals surface area contributed by atoms with Crippen molar-refractivity contribution in [2.45, 2.75) is 25.6 Å². The van der Waals surface area contributed by atoms with Crippen molar-refractivity contribution in [3.8, 4) is 0 Å². The Labute approximate surface area is 110 Å². The first-order valence-corrected chi connectivity index (χ1v) is 6.16. The minimum atomic E-state index is -0.434. The lowest BCUT2D eigenvalue weighted by atomic mass is 10.1. The maximum atomic E-state index is 13.7. The third-order valence-corrected chi connectivity index (χ3v) is 3.04. The van der Waals surface area contributed by atoms with Crippen molar-refractivity contribution in [1.29, 1.82) is 0 Å². The molecule has 0 radical (unpaired) electrons. The monoisotopic (exact) mass is 268 g/mol. The fourth-order valence-corrected chi connectivity index (χ4v) is 1.96. The summed E-state index contributed by atoms with van der Waals surface area (Å²) in [4.78, 5) is 0. The number of nitrogens with two attached hydrogens (primary N) is 1. The van der Waals surface area contributed by atoms with Crippen LogP contribution in [0, 0.1) is 5.82 Å². The van der Waals surface area contributed by atoms with Gasteiger partial charge in [-0.2, -0.15) is 0 Å². The molecule has 3 N–H and O–H groups in total. The summed E-state index contributed by atoms with van der Waals surface area (Å²) in [6.45, 7) is 1.43. The standard InChI is InChI=1S/C13H17FN2O3/c14-12-6-9(13(15)16-17)3-4-10(12)7-18-8-11-2-1-5-19-11/h3-4,6,11,17H,1-2,5,7-8H2,(H2,15,16). The molecule has 1 atom stereocenters. The minimum absolute atomic E-state index is 0.120. The van der Waals surface area contributed by atoms with Gasteiger partial charge in [0.25, 0.3) is 0 Å². The average Bonchev–Trinajstić information content (AvgIpc) is 2.93. The molecule has 0 amide bonds. The van der Waals surface area contributed by atoms with Gasteiger partial charge in [-0.1, -0.05) is 17.3 Å². The first-order chi connectivity index (χ1) is 9.20. The molecule has 0 saturated carbocycles. The molecule has 1 fully saturated rings. The number of benzene rings is 1. The molecule has 5 nitrogen and oxygen atoms in total. The molecule has 1 aliphatic heterocycles. The van der Waals surface area contributed by atoms with Crippen LogP contribution in [0.15, 0.2) is 23.4 Å². The smallest absolute Gasteiger partial charge is 0.170 e. The molecular weight excluding hydrogens is 251 g/mol. The Morgan fingerprint density at radius 1 is 1.58 bits per heavy atom. The quantitative estimate of drug-likeness (QED) is 0.368. The van der Waals surface area contributed by atoms with Crippen LogP contribution in [0.25, 0.3) is 0 Å². The summed E-state index contributed by atoms with van der Waals surface area (Å²) in [5.74, 6) is -0.554. The molecule has 1 saturated heterocycles. The van der Waals surface area contributed by atoms with E-state index in [9.17, 15) is 4.39 Å². The highest BCUT2D eigenvalue weighted by Crippen LogP contribution is 2.15. The molecule has 6 heteroatoms. The number of ether oxygens (including phenoxy) is 2. The number of hydrogen-bond donors (Lipinski definition) is 2. The number of nitrogens with zero attached hydrogens (tertiary/aromatic N) is 1. The Kier molecular flexibility index (Phi) is 4.70. The van der Waals surface area contributed by atoms with Gasteiger partial charge in [0, 0.05) is 17.7 Å². The number of oxime groups is 1. The zero-order valence-corrected chi connectivity index (χ0v) is 10.5. The van der Waals surface area contributed by atoms with E-state index in [4.69, 9.17) is 20.4 Å². The molecule has 2 rings (SSSR count). The van der Waals surface area contributed by atoms with Crippen LogP contribution in [0.2, 0.25) is 0 Å². The molecule has 0 aliphatic carbocycles. The lowest BCUT2D eigenvalue weighted by molar-refractivity contribution is 0.00982. The molecule has 0 aromatic heterocycles. The summed E-state index contributed by atoms with van der Waals surface area (Å²) in [7, 11) is 0. The number of amidine groups is 1. The molecule has 1 aromatic carbocycles. The van der Waals surface area contributed by atoms with Gasteiger partial charge < -0.3 is 20.4 Å². The highest BCUT2D eigenvalue weighted by atomic mass is 19.1. The van der Waals surface area contributed by atoms with E-state index in [2.05, 4.69) is 5.16 Å². The van der Waals surface area contributed by atoms with E-state index < -0.39 is 5.82 Å². The van der Waals surface area contributed by atoms with Crippen LogP contribution in [0.1, 0.15) is 24.0 Å². The maximum Gasteiger partial charge on any atom is 0.170 e. The van der Waals surface area contributed by atoms with Gasteiger partial charge in [-0.15, -0.1) is 0 Å². The second-order valence-electron chi connectivity index (χ2n) is 4.44. The van der Waals surface area contributed by atoms with Gasteiger partial charge in [-0.3, -0.25) is 0 Å². The van der Waals surface area contributed by atoms with E-state index in [0.29, 0.717) is 17.7 Å². The molecule has 1 aromatic rings. The first-order valence-electron chi connectivity index (χ1n) is 6.16. The second kappa shape index (κ2) is 6.49. The second-order valence-corrected chi connectivity index (χ2v) is 4.44. The highest BCUT2D eigenvalue weighted by molar-refractivity contribution is 5.97. The zero-order valence-electron chi connectivity index (χ0n) is 10.5. The van der Waals surface area contributed by atoms with Crippen molar-refractivity contribution in [1.82, 2.24) is 0 Å². The molecule has 104 valence electrons. The van der Waals surface area contributed by atoms with E-state index in [1.54, 1.807) is 12.1 Å². The molecule has 0 spiro atoms. The number of hydrogen-bond acceptors (Lipinski definition) is 4. The number of halogens is 1. The van der Waals surface area contributed by atoms with E-state index in [1.807, 2.05) is 0 Å². The lowest BCUT2D eigenvalue weighted by Crippen LogP contribution is -2.15. The fraction of sp³-hybridized carbons (Fsp3) is 0.462. The summed E-state index contributed by atoms with van der Waals surface area (Å²) in [5.41, 5.74) is 6.16.